The lowest BCUT2D eigenvalue weighted by atomic mass is 10.2. The van der Waals surface area contributed by atoms with E-state index in [-0.39, 0.29) is 0 Å². The third-order valence-electron chi connectivity index (χ3n) is 2.97. The van der Waals surface area contributed by atoms with Gasteiger partial charge in [-0.15, -0.1) is 6.42 Å². The van der Waals surface area contributed by atoms with Crippen molar-refractivity contribution < 1.29 is 0 Å². The van der Waals surface area contributed by atoms with Gasteiger partial charge in [0.1, 0.15) is 0 Å². The molecule has 0 aliphatic rings. The van der Waals surface area contributed by atoms with Crippen molar-refractivity contribution in [3.05, 3.63) is 0 Å². The first-order valence-corrected chi connectivity index (χ1v) is 6.80. The van der Waals surface area contributed by atoms with Gasteiger partial charge in [-0.2, -0.15) is 0 Å². The molecule has 0 aromatic carbocycles. The highest BCUT2D eigenvalue weighted by atomic mass is 15.2. The predicted molar refractivity (Wildman–Crippen MR) is 79.8 cm³/mol. The van der Waals surface area contributed by atoms with Gasteiger partial charge in [-0.25, -0.2) is 0 Å². The number of nitrogens with zero attached hydrogens (tertiary/aromatic N) is 2. The van der Waals surface area contributed by atoms with Crippen molar-refractivity contribution in [3.8, 4) is 12.3 Å². The van der Waals surface area contributed by atoms with Crippen molar-refractivity contribution >= 4 is 5.96 Å². The van der Waals surface area contributed by atoms with Crippen molar-refractivity contribution in [2.24, 2.45) is 4.99 Å². The monoisotopic (exact) mass is 252 g/mol. The van der Waals surface area contributed by atoms with Crippen LogP contribution in [0.15, 0.2) is 4.99 Å². The van der Waals surface area contributed by atoms with Gasteiger partial charge in [-0.3, -0.25) is 4.99 Å². The molecule has 0 heterocycles. The maximum atomic E-state index is 5.21. The summed E-state index contributed by atoms with van der Waals surface area (Å²) in [6.07, 6.45) is 7.53. The fraction of sp³-hybridized carbons (Fsp3) is 0.786. The number of nitrogens with one attached hydrogen (secondary N) is 2. The Morgan fingerprint density at radius 3 is 2.56 bits per heavy atom. The molecule has 0 spiro atoms. The minimum absolute atomic E-state index is 0.407. The van der Waals surface area contributed by atoms with Crippen molar-refractivity contribution in [1.82, 2.24) is 15.5 Å². The highest BCUT2D eigenvalue weighted by Gasteiger charge is 2.05. The van der Waals surface area contributed by atoms with Gasteiger partial charge < -0.3 is 15.5 Å². The summed E-state index contributed by atoms with van der Waals surface area (Å²) in [5.74, 6) is 3.32. The van der Waals surface area contributed by atoms with Gasteiger partial charge in [0.25, 0.3) is 0 Å². The van der Waals surface area contributed by atoms with Crippen LogP contribution in [0.3, 0.4) is 0 Å². The number of hydrogen-bond acceptors (Lipinski definition) is 2. The van der Waals surface area contributed by atoms with Crippen LogP contribution in [0.2, 0.25) is 0 Å². The fourth-order valence-corrected chi connectivity index (χ4v) is 1.80. The van der Waals surface area contributed by atoms with Gasteiger partial charge in [0, 0.05) is 13.1 Å². The quantitative estimate of drug-likeness (QED) is 0.388. The average molecular weight is 252 g/mol. The molecule has 104 valence electrons. The Hall–Kier alpha value is -1.21. The maximum Gasteiger partial charge on any atom is 0.191 e. The van der Waals surface area contributed by atoms with E-state index in [2.05, 4.69) is 47.2 Å². The molecule has 4 heteroatoms. The second kappa shape index (κ2) is 10.9. The summed E-state index contributed by atoms with van der Waals surface area (Å²) < 4.78 is 0. The zero-order chi connectivity index (χ0) is 13.8. The minimum Gasteiger partial charge on any atom is -0.354 e. The maximum absolute atomic E-state index is 5.21. The van der Waals surface area contributed by atoms with Crippen LogP contribution in [0, 0.1) is 12.3 Å². The predicted octanol–water partition coefficient (Wildman–Crippen LogP) is 1.30. The molecule has 1 unspecified atom stereocenters. The van der Waals surface area contributed by atoms with Crippen molar-refractivity contribution in [1.29, 1.82) is 0 Å². The summed E-state index contributed by atoms with van der Waals surface area (Å²) in [5.41, 5.74) is 0. The van der Waals surface area contributed by atoms with Crippen LogP contribution < -0.4 is 10.6 Å². The molecule has 0 aliphatic heterocycles. The Morgan fingerprint density at radius 1 is 1.39 bits per heavy atom. The molecule has 4 nitrogen and oxygen atoms in total. The molecule has 0 fully saturated rings. The summed E-state index contributed by atoms with van der Waals surface area (Å²) in [5, 5.41) is 6.40. The largest absolute Gasteiger partial charge is 0.354 e. The van der Waals surface area contributed by atoms with Gasteiger partial charge in [0.15, 0.2) is 5.96 Å². The second-order valence-electron chi connectivity index (χ2n) is 4.34. The van der Waals surface area contributed by atoms with Crippen LogP contribution in [0.1, 0.15) is 33.6 Å². The smallest absolute Gasteiger partial charge is 0.191 e. The van der Waals surface area contributed by atoms with E-state index in [1.807, 2.05) is 0 Å². The first-order chi connectivity index (χ1) is 8.67. The first-order valence-electron chi connectivity index (χ1n) is 6.80. The lowest BCUT2D eigenvalue weighted by Crippen LogP contribution is -2.42. The Labute approximate surface area is 112 Å². The number of terminal acetylenes is 1. The van der Waals surface area contributed by atoms with Crippen molar-refractivity contribution in [2.45, 2.75) is 39.7 Å². The summed E-state index contributed by atoms with van der Waals surface area (Å²) in [4.78, 5) is 6.57. The van der Waals surface area contributed by atoms with E-state index in [4.69, 9.17) is 6.42 Å². The van der Waals surface area contributed by atoms with E-state index < -0.39 is 0 Å². The third-order valence-corrected chi connectivity index (χ3v) is 2.97. The molecule has 0 radical (unpaired) electrons. The minimum atomic E-state index is 0.407. The van der Waals surface area contributed by atoms with E-state index >= 15 is 0 Å². The van der Waals surface area contributed by atoms with Gasteiger partial charge in [0.05, 0.1) is 6.54 Å². The molecule has 0 saturated heterocycles. The third kappa shape index (κ3) is 7.97. The summed E-state index contributed by atoms with van der Waals surface area (Å²) in [6, 6.07) is 0.407. The lowest BCUT2D eigenvalue weighted by Gasteiger charge is -2.20. The average Bonchev–Trinajstić information content (AvgIpc) is 2.39. The van der Waals surface area contributed by atoms with Crippen LogP contribution in [0.4, 0.5) is 0 Å². The second-order valence-corrected chi connectivity index (χ2v) is 4.34. The zero-order valence-electron chi connectivity index (χ0n) is 12.3. The molecular weight excluding hydrogens is 224 g/mol. The van der Waals surface area contributed by atoms with Crippen molar-refractivity contribution in [2.75, 3.05) is 33.2 Å². The Morgan fingerprint density at radius 2 is 2.06 bits per heavy atom. The molecular formula is C14H28N4. The molecule has 0 aromatic heterocycles. The van der Waals surface area contributed by atoms with E-state index in [1.165, 1.54) is 6.42 Å². The molecule has 0 amide bonds. The molecule has 0 bridgehead atoms. The van der Waals surface area contributed by atoms with Crippen LogP contribution in [0.5, 0.6) is 0 Å². The van der Waals surface area contributed by atoms with Crippen LogP contribution in [-0.2, 0) is 0 Å². The Bertz CT molecular complexity index is 263. The Balaban J connectivity index is 3.82. The normalized spacial score (nSPS) is 13.2. The summed E-state index contributed by atoms with van der Waals surface area (Å²) in [7, 11) is 1.76. The standard InChI is InChI=1S/C14H28N4/c1-6-11-16-14(15-5)17-13(4)10-9-12-18(7-2)8-3/h1,13H,7-12H2,2-5H3,(H2,15,16,17). The van der Waals surface area contributed by atoms with Gasteiger partial charge >= 0.3 is 0 Å². The molecule has 18 heavy (non-hydrogen) atoms. The molecule has 0 saturated carbocycles. The van der Waals surface area contributed by atoms with Crippen LogP contribution in [-0.4, -0.2) is 50.1 Å². The molecule has 2 N–H and O–H groups in total. The number of hydrogen-bond donors (Lipinski definition) is 2. The highest BCUT2D eigenvalue weighted by Crippen LogP contribution is 1.99. The van der Waals surface area contributed by atoms with E-state index in [0.29, 0.717) is 12.6 Å². The number of guanidine groups is 1. The fourth-order valence-electron chi connectivity index (χ4n) is 1.80. The van der Waals surface area contributed by atoms with Crippen molar-refractivity contribution in [3.63, 3.8) is 0 Å². The van der Waals surface area contributed by atoms with E-state index in [1.54, 1.807) is 7.05 Å². The summed E-state index contributed by atoms with van der Waals surface area (Å²) >= 11 is 0. The molecule has 0 aliphatic carbocycles. The van der Waals surface area contributed by atoms with Gasteiger partial charge in [-0.05, 0) is 39.4 Å². The van der Waals surface area contributed by atoms with Gasteiger partial charge in [-0.1, -0.05) is 19.8 Å². The van der Waals surface area contributed by atoms with Crippen LogP contribution >= 0.6 is 0 Å². The molecule has 0 aromatic rings. The zero-order valence-corrected chi connectivity index (χ0v) is 12.3. The van der Waals surface area contributed by atoms with E-state index in [9.17, 15) is 0 Å². The first kappa shape index (κ1) is 16.8. The summed E-state index contributed by atoms with van der Waals surface area (Å²) in [6.45, 7) is 10.5. The SMILES string of the molecule is C#CCNC(=NC)NC(C)CCCN(CC)CC. The van der Waals surface area contributed by atoms with Crippen LogP contribution in [0.25, 0.3) is 0 Å². The highest BCUT2D eigenvalue weighted by molar-refractivity contribution is 5.80. The number of aliphatic imine (C=N–C) groups is 1. The number of rotatable bonds is 8. The van der Waals surface area contributed by atoms with Gasteiger partial charge in [0.2, 0.25) is 0 Å². The molecule has 1 atom stereocenters. The lowest BCUT2D eigenvalue weighted by molar-refractivity contribution is 0.292. The Kier molecular flexibility index (Phi) is 10.2. The topological polar surface area (TPSA) is 39.7 Å². The van der Waals surface area contributed by atoms with E-state index in [0.717, 1.165) is 32.0 Å². The molecule has 0 rings (SSSR count).